The summed E-state index contributed by atoms with van der Waals surface area (Å²) < 4.78 is 17.8. The molecule has 0 radical (unpaired) electrons. The van der Waals surface area contributed by atoms with Gasteiger partial charge in [0.15, 0.2) is 6.73 Å². The maximum Gasteiger partial charge on any atom is 0.324 e. The monoisotopic (exact) mass is 452 g/mol. The van der Waals surface area contributed by atoms with Crippen LogP contribution in [-0.4, -0.2) is 29.7 Å². The maximum absolute atomic E-state index is 12.7. The molecule has 7 heteroatoms. The summed E-state index contributed by atoms with van der Waals surface area (Å²) in [6, 6.07) is 13.3. The summed E-state index contributed by atoms with van der Waals surface area (Å²) in [5.41, 5.74) is 1.95. The molecular weight excluding hydrogens is 420 g/mol. The zero-order valence-corrected chi connectivity index (χ0v) is 19.6. The second-order valence-electron chi connectivity index (χ2n) is 9.69. The number of fused-ring (bicyclic) bond motifs is 1. The lowest BCUT2D eigenvalue weighted by Crippen LogP contribution is -2.41. The van der Waals surface area contributed by atoms with Crippen molar-refractivity contribution in [3.8, 4) is 11.5 Å². The van der Waals surface area contributed by atoms with Gasteiger partial charge < -0.3 is 19.5 Å². The molecule has 1 heterocycles. The van der Waals surface area contributed by atoms with Crippen LogP contribution in [-0.2, 0) is 22.7 Å². The zero-order valence-electron chi connectivity index (χ0n) is 19.6. The average Bonchev–Trinajstić information content (AvgIpc) is 3.29. The molecule has 0 spiro atoms. The van der Waals surface area contributed by atoms with Crippen LogP contribution in [0, 0.1) is 5.41 Å². The number of hydrogen-bond donors (Lipinski definition) is 1. The van der Waals surface area contributed by atoms with E-state index in [2.05, 4.69) is 5.32 Å². The summed E-state index contributed by atoms with van der Waals surface area (Å²) in [6.07, 6.45) is 4.50. The van der Waals surface area contributed by atoms with Crippen LogP contribution in [0.2, 0.25) is 0 Å². The van der Waals surface area contributed by atoms with Crippen LogP contribution in [0.25, 0.3) is 0 Å². The van der Waals surface area contributed by atoms with E-state index in [9.17, 15) is 9.59 Å². The first-order valence-corrected chi connectivity index (χ1v) is 11.5. The molecule has 2 amide bonds. The van der Waals surface area contributed by atoms with Crippen molar-refractivity contribution in [2.75, 3.05) is 12.0 Å². The molecule has 2 aliphatic rings. The van der Waals surface area contributed by atoms with E-state index < -0.39 is 5.41 Å². The second kappa shape index (κ2) is 9.73. The van der Waals surface area contributed by atoms with Gasteiger partial charge in [0.05, 0.1) is 23.8 Å². The van der Waals surface area contributed by atoms with Gasteiger partial charge in [-0.2, -0.15) is 0 Å². The van der Waals surface area contributed by atoms with Crippen LogP contribution in [0.1, 0.15) is 57.6 Å². The Bertz CT molecular complexity index is 994. The summed E-state index contributed by atoms with van der Waals surface area (Å²) in [5.74, 6) is 0.987. The van der Waals surface area contributed by atoms with Crippen molar-refractivity contribution in [2.24, 2.45) is 5.41 Å². The van der Waals surface area contributed by atoms with E-state index in [0.717, 1.165) is 36.8 Å². The SMILES string of the molecule is CC(C)(C)C(=O)OCN1Cc2c(cc(OCc3ccccc3)cc2OC2CCCC2)NC1=O. The van der Waals surface area contributed by atoms with Crippen molar-refractivity contribution < 1.29 is 23.8 Å². The summed E-state index contributed by atoms with van der Waals surface area (Å²) in [5, 5.41) is 2.91. The van der Waals surface area contributed by atoms with Gasteiger partial charge in [-0.1, -0.05) is 30.3 Å². The number of rotatable bonds is 7. The molecule has 7 nitrogen and oxygen atoms in total. The molecule has 2 aromatic rings. The first-order chi connectivity index (χ1) is 15.8. The minimum absolute atomic E-state index is 0.115. The molecule has 2 aromatic carbocycles. The molecule has 0 aromatic heterocycles. The van der Waals surface area contributed by atoms with Gasteiger partial charge in [-0.3, -0.25) is 9.69 Å². The first-order valence-electron chi connectivity index (χ1n) is 11.5. The number of esters is 1. The number of ether oxygens (including phenoxy) is 3. The third-order valence-electron chi connectivity index (χ3n) is 5.87. The second-order valence-corrected chi connectivity index (χ2v) is 9.69. The van der Waals surface area contributed by atoms with Crippen molar-refractivity contribution >= 4 is 17.7 Å². The Balaban J connectivity index is 1.54. The number of nitrogens with zero attached hydrogens (tertiary/aromatic N) is 1. The van der Waals surface area contributed by atoms with Crippen molar-refractivity contribution in [3.63, 3.8) is 0 Å². The fraction of sp³-hybridized carbons (Fsp3) is 0.462. The largest absolute Gasteiger partial charge is 0.490 e. The third-order valence-corrected chi connectivity index (χ3v) is 5.87. The Morgan fingerprint density at radius 1 is 1.12 bits per heavy atom. The third kappa shape index (κ3) is 5.78. The molecule has 1 saturated carbocycles. The van der Waals surface area contributed by atoms with Gasteiger partial charge >= 0.3 is 12.0 Å². The van der Waals surface area contributed by atoms with E-state index in [1.54, 1.807) is 20.8 Å². The topological polar surface area (TPSA) is 77.1 Å². The summed E-state index contributed by atoms with van der Waals surface area (Å²) in [4.78, 5) is 26.3. The Hall–Kier alpha value is -3.22. The number of carbonyl (C=O) groups is 2. The Morgan fingerprint density at radius 2 is 1.85 bits per heavy atom. The highest BCUT2D eigenvalue weighted by Crippen LogP contribution is 2.38. The number of amides is 2. The number of anilines is 1. The molecule has 1 N–H and O–H groups in total. The van der Waals surface area contributed by atoms with E-state index in [0.29, 0.717) is 30.3 Å². The molecular formula is C26H32N2O5. The van der Waals surface area contributed by atoms with E-state index in [1.807, 2.05) is 42.5 Å². The van der Waals surface area contributed by atoms with Crippen molar-refractivity contribution in [2.45, 2.75) is 65.7 Å². The standard InChI is InChI=1S/C26H32N2O5/c1-26(2,3)24(29)32-17-28-15-21-22(27-25(28)30)13-20(31-16-18-9-5-4-6-10-18)14-23(21)33-19-11-7-8-12-19/h4-6,9-10,13-14,19H,7-8,11-12,15-17H2,1-3H3,(H,27,30). The van der Waals surface area contributed by atoms with Gasteiger partial charge in [0.2, 0.25) is 0 Å². The molecule has 0 unspecified atom stereocenters. The van der Waals surface area contributed by atoms with E-state index in [1.165, 1.54) is 4.90 Å². The highest BCUT2D eigenvalue weighted by atomic mass is 16.5. The number of carbonyl (C=O) groups excluding carboxylic acids is 2. The lowest BCUT2D eigenvalue weighted by molar-refractivity contribution is -0.156. The molecule has 1 aliphatic carbocycles. The Morgan fingerprint density at radius 3 is 2.55 bits per heavy atom. The highest BCUT2D eigenvalue weighted by Gasteiger charge is 2.30. The van der Waals surface area contributed by atoms with Gasteiger partial charge in [0.1, 0.15) is 18.1 Å². The molecule has 0 bridgehead atoms. The number of hydrogen-bond acceptors (Lipinski definition) is 5. The first kappa shape index (κ1) is 23.0. The lowest BCUT2D eigenvalue weighted by atomic mass is 9.97. The van der Waals surface area contributed by atoms with Crippen LogP contribution in [0.5, 0.6) is 11.5 Å². The molecule has 176 valence electrons. The van der Waals surface area contributed by atoms with Gasteiger partial charge in [0.25, 0.3) is 0 Å². The molecule has 1 fully saturated rings. The number of benzene rings is 2. The van der Waals surface area contributed by atoms with Crippen LogP contribution in [0.15, 0.2) is 42.5 Å². The minimum atomic E-state index is -0.633. The number of nitrogens with one attached hydrogen (secondary N) is 1. The van der Waals surface area contributed by atoms with Crippen LogP contribution in [0.4, 0.5) is 10.5 Å². The summed E-state index contributed by atoms with van der Waals surface area (Å²) >= 11 is 0. The van der Waals surface area contributed by atoms with Crippen molar-refractivity contribution in [3.05, 3.63) is 53.6 Å². The van der Waals surface area contributed by atoms with Crippen LogP contribution >= 0.6 is 0 Å². The van der Waals surface area contributed by atoms with Crippen molar-refractivity contribution in [1.29, 1.82) is 0 Å². The summed E-state index contributed by atoms with van der Waals surface area (Å²) in [6.45, 7) is 5.95. The predicted octanol–water partition coefficient (Wildman–Crippen LogP) is 5.48. The van der Waals surface area contributed by atoms with Gasteiger partial charge in [-0.05, 0) is 52.0 Å². The average molecular weight is 453 g/mol. The van der Waals surface area contributed by atoms with E-state index in [-0.39, 0.29) is 24.8 Å². The lowest BCUT2D eigenvalue weighted by Gasteiger charge is -2.31. The fourth-order valence-corrected chi connectivity index (χ4v) is 3.92. The predicted molar refractivity (Wildman–Crippen MR) is 125 cm³/mol. The minimum Gasteiger partial charge on any atom is -0.490 e. The smallest absolute Gasteiger partial charge is 0.324 e. The molecule has 33 heavy (non-hydrogen) atoms. The Labute approximate surface area is 195 Å². The quantitative estimate of drug-likeness (QED) is 0.563. The van der Waals surface area contributed by atoms with Gasteiger partial charge in [0, 0.05) is 17.7 Å². The van der Waals surface area contributed by atoms with Crippen LogP contribution < -0.4 is 14.8 Å². The van der Waals surface area contributed by atoms with Crippen LogP contribution in [0.3, 0.4) is 0 Å². The molecule has 0 saturated heterocycles. The highest BCUT2D eigenvalue weighted by molar-refractivity contribution is 5.93. The van der Waals surface area contributed by atoms with E-state index >= 15 is 0 Å². The summed E-state index contributed by atoms with van der Waals surface area (Å²) in [7, 11) is 0. The van der Waals surface area contributed by atoms with E-state index in [4.69, 9.17) is 14.2 Å². The maximum atomic E-state index is 12.7. The number of urea groups is 1. The molecule has 1 aliphatic heterocycles. The Kier molecular flexibility index (Phi) is 6.77. The van der Waals surface area contributed by atoms with Gasteiger partial charge in [-0.15, -0.1) is 0 Å². The zero-order chi connectivity index (χ0) is 23.4. The van der Waals surface area contributed by atoms with Gasteiger partial charge in [-0.25, -0.2) is 4.79 Å². The molecule has 0 atom stereocenters. The van der Waals surface area contributed by atoms with Crippen molar-refractivity contribution in [1.82, 2.24) is 4.90 Å². The normalized spacial score (nSPS) is 16.2. The molecule has 4 rings (SSSR count). The fourth-order valence-electron chi connectivity index (χ4n) is 3.92.